The Balaban J connectivity index is 3.40. The second-order valence-electron chi connectivity index (χ2n) is 4.00. The van der Waals surface area contributed by atoms with Crippen LogP contribution in [0.15, 0.2) is 23.1 Å². The van der Waals surface area contributed by atoms with Gasteiger partial charge in [-0.1, -0.05) is 6.07 Å². The molecule has 8 heteroatoms. The summed E-state index contributed by atoms with van der Waals surface area (Å²) in [7, 11) is 3.95. The zero-order chi connectivity index (χ0) is 14.1. The molecular weight excluding hydrogens is 291 g/mol. The van der Waals surface area contributed by atoms with E-state index in [1.54, 1.807) is 19.0 Å². The topological polar surface area (TPSA) is 37.4 Å². The molecule has 1 rings (SSSR count). The van der Waals surface area contributed by atoms with Gasteiger partial charge in [-0.3, -0.25) is 0 Å². The van der Waals surface area contributed by atoms with Crippen molar-refractivity contribution in [1.82, 2.24) is 4.90 Å². The average molecular weight is 302 g/mol. The van der Waals surface area contributed by atoms with Gasteiger partial charge in [-0.25, -0.2) is 8.42 Å². The van der Waals surface area contributed by atoms with Crippen molar-refractivity contribution >= 4 is 19.7 Å². The third-order valence-corrected chi connectivity index (χ3v) is 3.49. The normalized spacial score (nSPS) is 13.1. The number of rotatable bonds is 3. The van der Waals surface area contributed by atoms with Crippen LogP contribution in [0.4, 0.5) is 13.2 Å². The molecule has 1 aromatic carbocycles. The lowest BCUT2D eigenvalue weighted by Gasteiger charge is -2.15. The van der Waals surface area contributed by atoms with E-state index in [1.165, 1.54) is 6.07 Å². The molecule has 102 valence electrons. The molecule has 0 saturated carbocycles. The lowest BCUT2D eigenvalue weighted by molar-refractivity contribution is -0.139. The van der Waals surface area contributed by atoms with Gasteiger partial charge in [0.15, 0.2) is 0 Å². The van der Waals surface area contributed by atoms with E-state index in [9.17, 15) is 21.6 Å². The molecule has 0 heterocycles. The first-order chi connectivity index (χ1) is 8.01. The third kappa shape index (κ3) is 3.86. The number of nitrogens with zero attached hydrogens (tertiary/aromatic N) is 1. The van der Waals surface area contributed by atoms with Crippen LogP contribution in [0.5, 0.6) is 0 Å². The van der Waals surface area contributed by atoms with Crippen LogP contribution in [0.1, 0.15) is 11.1 Å². The Morgan fingerprint density at radius 1 is 1.28 bits per heavy atom. The number of alkyl halides is 3. The second-order valence-corrected chi connectivity index (χ2v) is 6.54. The highest BCUT2D eigenvalue weighted by Crippen LogP contribution is 2.36. The fraction of sp³-hybridized carbons (Fsp3) is 0.400. The molecule has 0 bridgehead atoms. The van der Waals surface area contributed by atoms with E-state index in [-0.39, 0.29) is 6.54 Å². The standard InChI is InChI=1S/C10H11ClF3NO2S/c1-15(2)6-7-3-4-9(18(11,16)17)8(5-7)10(12,13)14/h3-5H,6H2,1-2H3. The smallest absolute Gasteiger partial charge is 0.305 e. The zero-order valence-electron chi connectivity index (χ0n) is 9.62. The average Bonchev–Trinajstić information content (AvgIpc) is 2.13. The Labute approximate surface area is 108 Å². The van der Waals surface area contributed by atoms with Gasteiger partial charge in [0.25, 0.3) is 9.05 Å². The molecule has 0 aliphatic carbocycles. The summed E-state index contributed by atoms with van der Waals surface area (Å²) in [5.41, 5.74) is -0.881. The SMILES string of the molecule is CN(C)Cc1ccc(S(=O)(=O)Cl)c(C(F)(F)F)c1. The van der Waals surface area contributed by atoms with Crippen molar-refractivity contribution in [3.05, 3.63) is 29.3 Å². The number of benzene rings is 1. The highest BCUT2D eigenvalue weighted by atomic mass is 35.7. The lowest BCUT2D eigenvalue weighted by atomic mass is 10.1. The van der Waals surface area contributed by atoms with Crippen molar-refractivity contribution in [2.24, 2.45) is 0 Å². The quantitative estimate of drug-likeness (QED) is 0.806. The van der Waals surface area contributed by atoms with Crippen molar-refractivity contribution < 1.29 is 21.6 Å². The fourth-order valence-corrected chi connectivity index (χ4v) is 2.55. The molecule has 0 aliphatic heterocycles. The molecule has 0 aliphatic rings. The molecule has 18 heavy (non-hydrogen) atoms. The summed E-state index contributed by atoms with van der Waals surface area (Å²) < 4.78 is 60.5. The van der Waals surface area contributed by atoms with Crippen molar-refractivity contribution in [3.8, 4) is 0 Å². The van der Waals surface area contributed by atoms with Crippen LogP contribution in [0, 0.1) is 0 Å². The molecule has 0 amide bonds. The summed E-state index contributed by atoms with van der Waals surface area (Å²) >= 11 is 0. The number of hydrogen-bond acceptors (Lipinski definition) is 3. The predicted molar refractivity (Wildman–Crippen MR) is 61.9 cm³/mol. The van der Waals surface area contributed by atoms with Gasteiger partial charge in [0, 0.05) is 17.2 Å². The molecule has 3 nitrogen and oxygen atoms in total. The second kappa shape index (κ2) is 5.07. The maximum Gasteiger partial charge on any atom is 0.417 e. The first-order valence-electron chi connectivity index (χ1n) is 4.81. The van der Waals surface area contributed by atoms with E-state index >= 15 is 0 Å². The lowest BCUT2D eigenvalue weighted by Crippen LogP contribution is -2.14. The van der Waals surface area contributed by atoms with Gasteiger partial charge in [0.05, 0.1) is 10.5 Å². The van der Waals surface area contributed by atoms with Gasteiger partial charge in [0.2, 0.25) is 0 Å². The van der Waals surface area contributed by atoms with Gasteiger partial charge < -0.3 is 4.90 Å². The first-order valence-corrected chi connectivity index (χ1v) is 7.12. The zero-order valence-corrected chi connectivity index (χ0v) is 11.2. The highest BCUT2D eigenvalue weighted by molar-refractivity contribution is 8.13. The Bertz CT molecular complexity index is 541. The number of halogens is 4. The monoisotopic (exact) mass is 301 g/mol. The molecule has 0 aromatic heterocycles. The largest absolute Gasteiger partial charge is 0.417 e. The summed E-state index contributed by atoms with van der Waals surface area (Å²) in [5, 5.41) is 0. The summed E-state index contributed by atoms with van der Waals surface area (Å²) in [6, 6.07) is 2.99. The molecule has 0 fully saturated rings. The van der Waals surface area contributed by atoms with Gasteiger partial charge in [-0.05, 0) is 31.8 Å². The minimum Gasteiger partial charge on any atom is -0.305 e. The molecule has 0 unspecified atom stereocenters. The Kier molecular flexibility index (Phi) is 4.30. The minimum absolute atomic E-state index is 0.270. The maximum absolute atomic E-state index is 12.8. The molecule has 0 radical (unpaired) electrons. The van der Waals surface area contributed by atoms with Gasteiger partial charge in [0.1, 0.15) is 0 Å². The van der Waals surface area contributed by atoms with Crippen molar-refractivity contribution in [2.45, 2.75) is 17.6 Å². The van der Waals surface area contributed by atoms with Crippen LogP contribution in [-0.2, 0) is 21.8 Å². The highest BCUT2D eigenvalue weighted by Gasteiger charge is 2.36. The van der Waals surface area contributed by atoms with E-state index in [2.05, 4.69) is 0 Å². The van der Waals surface area contributed by atoms with E-state index < -0.39 is 25.7 Å². The molecule has 0 N–H and O–H groups in total. The van der Waals surface area contributed by atoms with Crippen LogP contribution in [-0.4, -0.2) is 27.4 Å². The van der Waals surface area contributed by atoms with Crippen LogP contribution < -0.4 is 0 Å². The van der Waals surface area contributed by atoms with Crippen LogP contribution >= 0.6 is 10.7 Å². The van der Waals surface area contributed by atoms with Gasteiger partial charge in [-0.2, -0.15) is 13.2 Å². The Morgan fingerprint density at radius 2 is 1.83 bits per heavy atom. The van der Waals surface area contributed by atoms with Gasteiger partial charge >= 0.3 is 6.18 Å². The Morgan fingerprint density at radius 3 is 2.22 bits per heavy atom. The molecule has 1 aromatic rings. The van der Waals surface area contributed by atoms with Crippen molar-refractivity contribution in [2.75, 3.05) is 14.1 Å². The number of hydrogen-bond donors (Lipinski definition) is 0. The minimum atomic E-state index is -4.76. The van der Waals surface area contributed by atoms with Crippen LogP contribution in [0.25, 0.3) is 0 Å². The van der Waals surface area contributed by atoms with E-state index in [0.29, 0.717) is 5.56 Å². The summed E-state index contributed by atoms with van der Waals surface area (Å²) in [4.78, 5) is 0.754. The van der Waals surface area contributed by atoms with Crippen molar-refractivity contribution in [1.29, 1.82) is 0 Å². The summed E-state index contributed by atoms with van der Waals surface area (Å²) in [6.07, 6.45) is -4.76. The summed E-state index contributed by atoms with van der Waals surface area (Å²) in [6.45, 7) is 0.270. The van der Waals surface area contributed by atoms with Gasteiger partial charge in [-0.15, -0.1) is 0 Å². The fourth-order valence-electron chi connectivity index (χ4n) is 1.47. The van der Waals surface area contributed by atoms with Crippen LogP contribution in [0.3, 0.4) is 0 Å². The Hall–Kier alpha value is -0.790. The summed E-state index contributed by atoms with van der Waals surface area (Å²) in [5.74, 6) is 0. The molecular formula is C10H11ClF3NO2S. The molecule has 0 saturated heterocycles. The predicted octanol–water partition coefficient (Wildman–Crippen LogP) is 2.69. The van der Waals surface area contributed by atoms with Crippen molar-refractivity contribution in [3.63, 3.8) is 0 Å². The van der Waals surface area contributed by atoms with E-state index in [4.69, 9.17) is 10.7 Å². The first kappa shape index (κ1) is 15.3. The molecule has 0 spiro atoms. The third-order valence-electron chi connectivity index (χ3n) is 2.11. The maximum atomic E-state index is 12.8. The van der Waals surface area contributed by atoms with E-state index in [0.717, 1.165) is 12.1 Å². The molecule has 0 atom stereocenters. The van der Waals surface area contributed by atoms with E-state index in [1.807, 2.05) is 0 Å². The van der Waals surface area contributed by atoms with Crippen LogP contribution in [0.2, 0.25) is 0 Å².